The molecule has 4 heterocycles. The van der Waals surface area contributed by atoms with Gasteiger partial charge in [0, 0.05) is 54.8 Å². The number of para-hydroxylation sites is 4. The normalized spacial score (nSPS) is 11.9. The Morgan fingerprint density at radius 2 is 0.842 bits per heavy atom. The van der Waals surface area contributed by atoms with Gasteiger partial charge in [-0.15, -0.1) is 0 Å². The average Bonchev–Trinajstić information content (AvgIpc) is 3.95. The van der Waals surface area contributed by atoms with E-state index in [-0.39, 0.29) is 0 Å². The second kappa shape index (κ2) is 12.4. The van der Waals surface area contributed by atoms with Gasteiger partial charge < -0.3 is 13.6 Å². The van der Waals surface area contributed by atoms with Gasteiger partial charge in [0.1, 0.15) is 5.58 Å². The summed E-state index contributed by atoms with van der Waals surface area (Å²) in [7, 11) is 0. The fourth-order valence-electron chi connectivity index (χ4n) is 9.01. The molecule has 0 aliphatic carbocycles. The first-order valence-electron chi connectivity index (χ1n) is 19.4. The van der Waals surface area contributed by atoms with E-state index in [1.165, 1.54) is 32.6 Å². The molecule has 12 aromatic rings. The first-order chi connectivity index (χ1) is 28.3. The highest BCUT2D eigenvalue weighted by Crippen LogP contribution is 2.49. The molecular formula is C53H33N3O. The van der Waals surface area contributed by atoms with Gasteiger partial charge in [-0.2, -0.15) is 0 Å². The molecule has 0 N–H and O–H groups in total. The highest BCUT2D eigenvalue weighted by molar-refractivity contribution is 6.39. The molecule has 0 atom stereocenters. The number of aromatic nitrogens is 3. The van der Waals surface area contributed by atoms with Crippen molar-refractivity contribution in [3.8, 4) is 45.0 Å². The van der Waals surface area contributed by atoms with Crippen molar-refractivity contribution in [2.75, 3.05) is 0 Å². The monoisotopic (exact) mass is 727 g/mol. The third kappa shape index (κ3) is 4.77. The van der Waals surface area contributed by atoms with Gasteiger partial charge in [0.05, 0.1) is 33.5 Å². The fourth-order valence-corrected chi connectivity index (χ4v) is 9.01. The van der Waals surface area contributed by atoms with Crippen molar-refractivity contribution in [2.45, 2.75) is 0 Å². The van der Waals surface area contributed by atoms with Crippen molar-refractivity contribution in [2.24, 2.45) is 0 Å². The number of benzene rings is 8. The van der Waals surface area contributed by atoms with Gasteiger partial charge in [-0.05, 0) is 65.7 Å². The Morgan fingerprint density at radius 1 is 0.351 bits per heavy atom. The van der Waals surface area contributed by atoms with E-state index in [0.717, 1.165) is 78.0 Å². The van der Waals surface area contributed by atoms with Crippen LogP contribution in [0.2, 0.25) is 0 Å². The minimum Gasteiger partial charge on any atom is -0.454 e. The van der Waals surface area contributed by atoms with Crippen molar-refractivity contribution in [3.63, 3.8) is 0 Å². The molecule has 0 unspecified atom stereocenters. The lowest BCUT2D eigenvalue weighted by Gasteiger charge is -2.13. The van der Waals surface area contributed by atoms with E-state index in [4.69, 9.17) is 9.40 Å². The largest absolute Gasteiger partial charge is 0.454 e. The topological polar surface area (TPSA) is 35.9 Å². The molecule has 0 aliphatic rings. The van der Waals surface area contributed by atoms with E-state index in [1.807, 2.05) is 6.07 Å². The quantitative estimate of drug-likeness (QED) is 0.177. The molecule has 12 rings (SSSR count). The lowest BCUT2D eigenvalue weighted by Crippen LogP contribution is -1.96. The molecule has 0 saturated heterocycles. The van der Waals surface area contributed by atoms with Gasteiger partial charge in [-0.3, -0.25) is 0 Å². The Labute approximate surface area is 328 Å². The highest BCUT2D eigenvalue weighted by Gasteiger charge is 2.27. The summed E-state index contributed by atoms with van der Waals surface area (Å²) in [6.45, 7) is 0. The third-order valence-electron chi connectivity index (χ3n) is 11.5. The van der Waals surface area contributed by atoms with Gasteiger partial charge in [0.25, 0.3) is 0 Å². The predicted molar refractivity (Wildman–Crippen MR) is 237 cm³/mol. The number of pyridine rings is 1. The number of rotatable bonds is 5. The summed E-state index contributed by atoms with van der Waals surface area (Å²) in [5, 5.41) is 7.00. The van der Waals surface area contributed by atoms with E-state index < -0.39 is 0 Å². The zero-order valence-electron chi connectivity index (χ0n) is 30.8. The molecule has 0 spiro atoms. The minimum atomic E-state index is 0.878. The molecule has 266 valence electrons. The van der Waals surface area contributed by atoms with Crippen LogP contribution in [-0.4, -0.2) is 14.1 Å². The lowest BCUT2D eigenvalue weighted by atomic mass is 10.00. The van der Waals surface area contributed by atoms with Crippen molar-refractivity contribution in [1.29, 1.82) is 0 Å². The van der Waals surface area contributed by atoms with Crippen LogP contribution in [-0.2, 0) is 0 Å². The summed E-state index contributed by atoms with van der Waals surface area (Å²) in [6.07, 6.45) is 0. The molecule has 57 heavy (non-hydrogen) atoms. The summed E-state index contributed by atoms with van der Waals surface area (Å²) >= 11 is 0. The zero-order valence-corrected chi connectivity index (χ0v) is 30.8. The molecule has 8 aromatic carbocycles. The first-order valence-corrected chi connectivity index (χ1v) is 19.4. The van der Waals surface area contributed by atoms with Crippen molar-refractivity contribution in [1.82, 2.24) is 14.1 Å². The molecule has 0 fully saturated rings. The molecule has 0 radical (unpaired) electrons. The molecule has 0 saturated carbocycles. The standard InChI is InChI=1S/C53H33N3O/c1-4-16-34(17-5-1)37-32-43(35-18-6-2-7-19-35)54-44(33-37)36-28-30-39(31-29-36)56-46-26-14-11-23-41(46)50-51-48(49-42-24-12-15-27-47(42)57-53(49)52(50)56)40-22-10-13-25-45(40)55(51)38-20-8-3-9-21-38/h1-33H. The molecule has 4 aromatic heterocycles. The number of nitrogens with zero attached hydrogens (tertiary/aromatic N) is 3. The van der Waals surface area contributed by atoms with Crippen LogP contribution in [0.15, 0.2) is 205 Å². The first kappa shape index (κ1) is 31.6. The Morgan fingerprint density at radius 3 is 1.51 bits per heavy atom. The van der Waals surface area contributed by atoms with Crippen LogP contribution in [0.1, 0.15) is 0 Å². The van der Waals surface area contributed by atoms with E-state index >= 15 is 0 Å². The van der Waals surface area contributed by atoms with Gasteiger partial charge in [-0.25, -0.2) is 4.98 Å². The number of hydrogen-bond acceptors (Lipinski definition) is 2. The van der Waals surface area contributed by atoms with E-state index in [2.05, 4.69) is 203 Å². The third-order valence-corrected chi connectivity index (χ3v) is 11.5. The van der Waals surface area contributed by atoms with Crippen molar-refractivity contribution in [3.05, 3.63) is 200 Å². The van der Waals surface area contributed by atoms with Crippen LogP contribution >= 0.6 is 0 Å². The lowest BCUT2D eigenvalue weighted by molar-refractivity contribution is 0.671. The highest BCUT2D eigenvalue weighted by atomic mass is 16.3. The summed E-state index contributed by atoms with van der Waals surface area (Å²) < 4.78 is 11.8. The molecule has 0 amide bonds. The minimum absolute atomic E-state index is 0.878. The van der Waals surface area contributed by atoms with Crippen LogP contribution in [0.4, 0.5) is 0 Å². The number of hydrogen-bond donors (Lipinski definition) is 0. The van der Waals surface area contributed by atoms with Crippen LogP contribution in [0.3, 0.4) is 0 Å². The Bertz CT molecular complexity index is 3430. The summed E-state index contributed by atoms with van der Waals surface area (Å²) in [4.78, 5) is 5.23. The SMILES string of the molecule is c1ccc(-c2cc(-c3ccccc3)nc(-c3ccc(-n4c5ccccc5c5c4c4oc6ccccc6c4c4c6ccccc6n(-c6ccccc6)c45)cc3)c2)cc1. The summed E-state index contributed by atoms with van der Waals surface area (Å²) in [5.41, 5.74) is 14.8. The van der Waals surface area contributed by atoms with Crippen LogP contribution in [0.5, 0.6) is 0 Å². The van der Waals surface area contributed by atoms with Crippen LogP contribution in [0.25, 0.3) is 111 Å². The molecule has 0 aliphatic heterocycles. The van der Waals surface area contributed by atoms with Crippen LogP contribution < -0.4 is 0 Å². The van der Waals surface area contributed by atoms with Gasteiger partial charge in [0.2, 0.25) is 0 Å². The molecular weight excluding hydrogens is 695 g/mol. The van der Waals surface area contributed by atoms with E-state index in [1.54, 1.807) is 0 Å². The second-order valence-corrected chi connectivity index (χ2v) is 14.7. The molecule has 4 nitrogen and oxygen atoms in total. The summed E-state index contributed by atoms with van der Waals surface area (Å²) in [5.74, 6) is 0. The molecule has 0 bridgehead atoms. The van der Waals surface area contributed by atoms with E-state index in [0.29, 0.717) is 0 Å². The van der Waals surface area contributed by atoms with E-state index in [9.17, 15) is 0 Å². The maximum absolute atomic E-state index is 6.99. The smallest absolute Gasteiger partial charge is 0.160 e. The van der Waals surface area contributed by atoms with Crippen molar-refractivity contribution >= 4 is 65.6 Å². The second-order valence-electron chi connectivity index (χ2n) is 14.7. The maximum atomic E-state index is 6.99. The Hall–Kier alpha value is -7.69. The predicted octanol–water partition coefficient (Wildman–Crippen LogP) is 14.2. The van der Waals surface area contributed by atoms with Gasteiger partial charge >= 0.3 is 0 Å². The van der Waals surface area contributed by atoms with Crippen LogP contribution in [0, 0.1) is 0 Å². The number of furan rings is 1. The van der Waals surface area contributed by atoms with Crippen molar-refractivity contribution < 1.29 is 4.42 Å². The number of fused-ring (bicyclic) bond motifs is 12. The van der Waals surface area contributed by atoms with Gasteiger partial charge in [-0.1, -0.05) is 146 Å². The fraction of sp³-hybridized carbons (Fsp3) is 0. The Balaban J connectivity index is 1.16. The van der Waals surface area contributed by atoms with Gasteiger partial charge in [0.15, 0.2) is 5.58 Å². The zero-order chi connectivity index (χ0) is 37.5. The summed E-state index contributed by atoms with van der Waals surface area (Å²) in [6, 6.07) is 71.0. The maximum Gasteiger partial charge on any atom is 0.160 e. The molecule has 4 heteroatoms. The average molecular weight is 728 g/mol. The Kier molecular flexibility index (Phi) is 6.89.